The maximum atomic E-state index is 13.3. The molecule has 3 heterocycles. The number of likely N-dealkylation sites (tertiary alicyclic amines) is 1. The molecule has 2 aliphatic heterocycles. The van der Waals surface area contributed by atoms with Gasteiger partial charge in [0.2, 0.25) is 11.8 Å². The molecular weight excluding hydrogens is 436 g/mol. The Balaban J connectivity index is 1.46. The van der Waals surface area contributed by atoms with Gasteiger partial charge in [0.15, 0.2) is 0 Å². The quantitative estimate of drug-likeness (QED) is 0.687. The van der Waals surface area contributed by atoms with Crippen LogP contribution in [0.2, 0.25) is 0 Å². The third-order valence-corrected chi connectivity index (χ3v) is 10.2. The fraction of sp³-hybridized carbons (Fsp3) is 0.455. The second-order valence-electron chi connectivity index (χ2n) is 8.93. The molecule has 2 aromatic rings. The number of thioether (sulfide) groups is 1. The van der Waals surface area contributed by atoms with E-state index in [9.17, 15) is 24.3 Å². The molecule has 0 spiro atoms. The van der Waals surface area contributed by atoms with Crippen molar-refractivity contribution >= 4 is 40.9 Å². The van der Waals surface area contributed by atoms with E-state index >= 15 is 0 Å². The van der Waals surface area contributed by atoms with Gasteiger partial charge in [0.25, 0.3) is 0 Å². The Morgan fingerprint density at radius 3 is 2.48 bits per heavy atom. The van der Waals surface area contributed by atoms with Gasteiger partial charge in [-0.05, 0) is 36.7 Å². The molecule has 2 bridgehead atoms. The first-order valence-corrected chi connectivity index (χ1v) is 12.1. The van der Waals surface area contributed by atoms with Gasteiger partial charge in [-0.2, -0.15) is 0 Å². The molecule has 7 nitrogen and oxygen atoms in total. The molecule has 6 rings (SSSR count). The Bertz CT molecular complexity index is 1170. The van der Waals surface area contributed by atoms with Gasteiger partial charge in [0.05, 0.1) is 16.9 Å². The molecule has 2 aliphatic carbocycles. The monoisotopic (exact) mass is 456 g/mol. The van der Waals surface area contributed by atoms with E-state index in [2.05, 4.69) is 17.1 Å². The van der Waals surface area contributed by atoms with Crippen LogP contribution in [0.25, 0.3) is 0 Å². The highest BCUT2D eigenvalue weighted by Gasteiger charge is 2.70. The highest BCUT2D eigenvalue weighted by Crippen LogP contribution is 2.68. The fourth-order valence-electron chi connectivity index (χ4n) is 6.57. The van der Waals surface area contributed by atoms with Gasteiger partial charge in [-0.1, -0.05) is 41.7 Å². The molecule has 3 fully saturated rings. The van der Waals surface area contributed by atoms with Crippen molar-refractivity contribution in [2.45, 2.75) is 35.6 Å². The van der Waals surface area contributed by atoms with E-state index < -0.39 is 23.8 Å². The molecule has 1 saturated heterocycles. The van der Waals surface area contributed by atoms with Crippen molar-refractivity contribution < 1.29 is 19.5 Å². The van der Waals surface area contributed by atoms with Crippen molar-refractivity contribution in [2.75, 3.05) is 0 Å². The van der Waals surface area contributed by atoms with Crippen molar-refractivity contribution in [1.29, 1.82) is 0 Å². The summed E-state index contributed by atoms with van der Waals surface area (Å²) in [6.45, 7) is 1.40. The second kappa shape index (κ2) is 6.56. The van der Waals surface area contributed by atoms with E-state index in [1.54, 1.807) is 11.8 Å². The summed E-state index contributed by atoms with van der Waals surface area (Å²) < 4.78 is 0. The van der Waals surface area contributed by atoms with Crippen LogP contribution in [0.1, 0.15) is 29.7 Å². The molecule has 31 heavy (non-hydrogen) atoms. The maximum absolute atomic E-state index is 13.3. The molecule has 160 valence electrons. The predicted molar refractivity (Wildman–Crippen MR) is 114 cm³/mol. The van der Waals surface area contributed by atoms with Crippen LogP contribution in [0.5, 0.6) is 0 Å². The van der Waals surface area contributed by atoms with Gasteiger partial charge in [0, 0.05) is 16.0 Å². The van der Waals surface area contributed by atoms with E-state index in [0.717, 1.165) is 26.8 Å². The molecule has 0 radical (unpaired) electrons. The van der Waals surface area contributed by atoms with Crippen LogP contribution in [0.4, 0.5) is 0 Å². The van der Waals surface area contributed by atoms with Gasteiger partial charge >= 0.3 is 10.8 Å². The second-order valence-corrected chi connectivity index (χ2v) is 11.1. The van der Waals surface area contributed by atoms with Crippen molar-refractivity contribution in [2.24, 2.45) is 29.6 Å². The van der Waals surface area contributed by atoms with Gasteiger partial charge in [-0.25, -0.2) is 4.79 Å². The normalized spacial score (nSPS) is 36.3. The average molecular weight is 457 g/mol. The van der Waals surface area contributed by atoms with Crippen LogP contribution in [0.15, 0.2) is 40.2 Å². The van der Waals surface area contributed by atoms with Gasteiger partial charge in [-0.15, -0.1) is 11.8 Å². The first-order valence-electron chi connectivity index (χ1n) is 10.4. The van der Waals surface area contributed by atoms with E-state index in [1.165, 1.54) is 18.3 Å². The summed E-state index contributed by atoms with van der Waals surface area (Å²) in [6, 6.07) is 8.91. The number of nitrogens with zero attached hydrogens (tertiary/aromatic N) is 1. The average Bonchev–Trinajstić information content (AvgIpc) is 3.47. The molecule has 0 unspecified atom stereocenters. The Morgan fingerprint density at radius 1 is 1.13 bits per heavy atom. The summed E-state index contributed by atoms with van der Waals surface area (Å²) in [4.78, 5) is 55.1. The van der Waals surface area contributed by atoms with Gasteiger partial charge < -0.3 is 10.1 Å². The molecule has 2 amide bonds. The molecular formula is C22H20N2O5S2. The third kappa shape index (κ3) is 2.47. The number of aromatic nitrogens is 1. The number of hydrogen-bond acceptors (Lipinski definition) is 6. The number of hydrogen-bond donors (Lipinski definition) is 2. The number of carbonyl (C=O) groups excluding carboxylic acids is 2. The standard InChI is InChI=1S/C22H20N2O5S2/c1-8(21(27)28)24-19(25)14-10-7-11(15(14)20(24)26)16-13(10)12(9-5-3-2-4-6-9)17-18(30-16)23-22(29)31-17/h2-6,8,10-16H,7H2,1H3,(H,23,29)(H,27,28)/t8-,10-,11-,12+,13-,14+,15-,16+/m1/s1. The van der Waals surface area contributed by atoms with Crippen LogP contribution in [-0.4, -0.2) is 44.1 Å². The number of rotatable bonds is 3. The first kappa shape index (κ1) is 19.3. The number of aliphatic carboxylic acids is 1. The lowest BCUT2D eigenvalue weighted by atomic mass is 9.68. The lowest BCUT2D eigenvalue weighted by molar-refractivity contribution is -0.154. The number of aromatic amines is 1. The van der Waals surface area contributed by atoms with Crippen LogP contribution in [-0.2, 0) is 14.4 Å². The zero-order chi connectivity index (χ0) is 21.6. The van der Waals surface area contributed by atoms with Gasteiger partial charge in [-0.3, -0.25) is 19.3 Å². The van der Waals surface area contributed by atoms with Crippen LogP contribution < -0.4 is 4.87 Å². The Morgan fingerprint density at radius 2 is 1.81 bits per heavy atom. The summed E-state index contributed by atoms with van der Waals surface area (Å²) >= 11 is 2.87. The SMILES string of the molecule is C[C@H](C(=O)O)N1C(=O)[C@@H]2[C@H]3C[C@@H]([C@@H]2C1=O)[C@@H]1[C@H](c2ccccc2)c2sc(=O)[nH]c2S[C@@H]31. The topological polar surface area (TPSA) is 108 Å². The molecule has 2 N–H and O–H groups in total. The van der Waals surface area contributed by atoms with Crippen LogP contribution >= 0.6 is 23.1 Å². The molecule has 2 saturated carbocycles. The summed E-state index contributed by atoms with van der Waals surface area (Å²) in [5.41, 5.74) is 1.12. The number of thiazole rings is 1. The molecule has 1 aromatic carbocycles. The number of carboxylic acids is 1. The summed E-state index contributed by atoms with van der Waals surface area (Å²) in [5.74, 6) is -2.59. The van der Waals surface area contributed by atoms with Gasteiger partial charge in [0.1, 0.15) is 6.04 Å². The minimum absolute atomic E-state index is 0.00352. The molecule has 8 atom stereocenters. The number of carboxylic acid groups (broad SMARTS) is 1. The Labute approximate surface area is 185 Å². The summed E-state index contributed by atoms with van der Waals surface area (Å²) in [7, 11) is 0. The number of nitrogens with one attached hydrogen (secondary N) is 1. The lowest BCUT2D eigenvalue weighted by Gasteiger charge is -2.43. The third-order valence-electron chi connectivity index (χ3n) is 7.66. The minimum atomic E-state index is -1.16. The smallest absolute Gasteiger partial charge is 0.326 e. The van der Waals surface area contributed by atoms with Crippen molar-refractivity contribution in [1.82, 2.24) is 9.88 Å². The number of amides is 2. The van der Waals surface area contributed by atoms with Crippen LogP contribution in [0.3, 0.4) is 0 Å². The molecule has 4 aliphatic rings. The Hall–Kier alpha value is -2.39. The van der Waals surface area contributed by atoms with Crippen molar-refractivity contribution in [3.05, 3.63) is 50.4 Å². The maximum Gasteiger partial charge on any atom is 0.326 e. The van der Waals surface area contributed by atoms with Crippen molar-refractivity contribution in [3.8, 4) is 0 Å². The van der Waals surface area contributed by atoms with E-state index in [0.29, 0.717) is 0 Å². The predicted octanol–water partition coefficient (Wildman–Crippen LogP) is 2.38. The number of benzene rings is 1. The van der Waals surface area contributed by atoms with Crippen molar-refractivity contribution in [3.63, 3.8) is 0 Å². The molecule has 9 heteroatoms. The zero-order valence-electron chi connectivity index (χ0n) is 16.6. The zero-order valence-corrected chi connectivity index (χ0v) is 18.2. The summed E-state index contributed by atoms with van der Waals surface area (Å²) in [6.07, 6.45) is 0.799. The Kier molecular flexibility index (Phi) is 4.08. The number of H-pyrrole nitrogens is 1. The largest absolute Gasteiger partial charge is 0.480 e. The first-order chi connectivity index (χ1) is 14.9. The van der Waals surface area contributed by atoms with E-state index in [-0.39, 0.29) is 45.6 Å². The van der Waals surface area contributed by atoms with E-state index in [1.807, 2.05) is 18.2 Å². The highest BCUT2D eigenvalue weighted by atomic mass is 32.2. The van der Waals surface area contributed by atoms with Crippen LogP contribution in [0, 0.1) is 29.6 Å². The molecule has 1 aromatic heterocycles. The van der Waals surface area contributed by atoms with E-state index in [4.69, 9.17) is 0 Å². The number of fused-ring (bicyclic) bond motifs is 9. The number of carbonyl (C=O) groups is 3. The number of imide groups is 1. The highest BCUT2D eigenvalue weighted by molar-refractivity contribution is 8.00. The fourth-order valence-corrected chi connectivity index (χ4v) is 9.45. The summed E-state index contributed by atoms with van der Waals surface area (Å²) in [5, 5.41) is 10.4. The lowest BCUT2D eigenvalue weighted by Crippen LogP contribution is -2.44. The minimum Gasteiger partial charge on any atom is -0.480 e.